The summed E-state index contributed by atoms with van der Waals surface area (Å²) in [5, 5.41) is 7.44. The van der Waals surface area contributed by atoms with Crippen LogP contribution in [-0.2, 0) is 16.8 Å². The molecule has 9 nitrogen and oxygen atoms in total. The van der Waals surface area contributed by atoms with Crippen LogP contribution in [0.1, 0.15) is 59.7 Å². The van der Waals surface area contributed by atoms with Crippen LogP contribution in [0, 0.1) is 11.8 Å². The van der Waals surface area contributed by atoms with E-state index < -0.39 is 0 Å². The smallest absolute Gasteiger partial charge is 0.236 e. The van der Waals surface area contributed by atoms with E-state index in [1.807, 2.05) is 20.8 Å². The molecule has 0 saturated carbocycles. The second-order valence-corrected chi connectivity index (χ2v) is 10.4. The number of rotatable bonds is 5. The number of nitrogens with zero attached hydrogens (tertiary/aromatic N) is 6. The van der Waals surface area contributed by atoms with Crippen molar-refractivity contribution >= 4 is 35.8 Å². The number of hydrogen-bond donors (Lipinski definition) is 1. The molecule has 188 valence electrons. The quantitative estimate of drug-likeness (QED) is 0.328. The first kappa shape index (κ1) is 27.8. The Morgan fingerprint density at radius 1 is 1.12 bits per heavy atom. The SMILES string of the molecule is CCNC(=NCc1noc(C(C)(C)C)n1)N1CCN(CC(=O)N2CC(C)CC(C)C2)CC1.I. The summed E-state index contributed by atoms with van der Waals surface area (Å²) in [6.45, 7) is 19.6. The second kappa shape index (κ2) is 12.3. The third-order valence-electron chi connectivity index (χ3n) is 6.07. The Kier molecular flexibility index (Phi) is 10.4. The second-order valence-electron chi connectivity index (χ2n) is 10.4. The van der Waals surface area contributed by atoms with Crippen LogP contribution in [0.15, 0.2) is 9.52 Å². The maximum atomic E-state index is 12.8. The minimum Gasteiger partial charge on any atom is -0.357 e. The molecule has 0 spiro atoms. The van der Waals surface area contributed by atoms with Gasteiger partial charge in [0, 0.05) is 51.2 Å². The lowest BCUT2D eigenvalue weighted by atomic mass is 9.92. The van der Waals surface area contributed by atoms with Crippen LogP contribution in [0.3, 0.4) is 0 Å². The molecule has 10 heteroatoms. The molecule has 1 aromatic rings. The van der Waals surface area contributed by atoms with Crippen molar-refractivity contribution in [1.82, 2.24) is 30.2 Å². The first-order valence-electron chi connectivity index (χ1n) is 12.0. The lowest BCUT2D eigenvalue weighted by Gasteiger charge is -2.39. The summed E-state index contributed by atoms with van der Waals surface area (Å²) in [6, 6.07) is 0. The van der Waals surface area contributed by atoms with E-state index in [-0.39, 0.29) is 35.3 Å². The summed E-state index contributed by atoms with van der Waals surface area (Å²) < 4.78 is 5.37. The molecule has 3 rings (SSSR count). The van der Waals surface area contributed by atoms with Crippen LogP contribution in [0.5, 0.6) is 0 Å². The highest BCUT2D eigenvalue weighted by Crippen LogP contribution is 2.21. The van der Waals surface area contributed by atoms with Gasteiger partial charge >= 0.3 is 0 Å². The molecule has 2 fully saturated rings. The Labute approximate surface area is 215 Å². The van der Waals surface area contributed by atoms with Crippen molar-refractivity contribution in [3.8, 4) is 0 Å². The summed E-state index contributed by atoms with van der Waals surface area (Å²) in [5.41, 5.74) is -0.169. The average molecular weight is 576 g/mol. The van der Waals surface area contributed by atoms with Gasteiger partial charge in [-0.05, 0) is 25.2 Å². The van der Waals surface area contributed by atoms with Gasteiger partial charge in [0.15, 0.2) is 11.8 Å². The summed E-state index contributed by atoms with van der Waals surface area (Å²) in [4.78, 5) is 28.6. The molecule has 3 heterocycles. The lowest BCUT2D eigenvalue weighted by Crippen LogP contribution is -2.55. The van der Waals surface area contributed by atoms with E-state index >= 15 is 0 Å². The number of halogens is 1. The fraction of sp³-hybridized carbons (Fsp3) is 0.826. The number of likely N-dealkylation sites (tertiary alicyclic amines) is 1. The molecular formula is C23H42IN7O2. The predicted octanol–water partition coefficient (Wildman–Crippen LogP) is 2.57. The molecular weight excluding hydrogens is 533 g/mol. The third-order valence-corrected chi connectivity index (χ3v) is 6.07. The van der Waals surface area contributed by atoms with Crippen LogP contribution in [0.4, 0.5) is 0 Å². The monoisotopic (exact) mass is 575 g/mol. The van der Waals surface area contributed by atoms with Crippen LogP contribution in [0.2, 0.25) is 0 Å². The minimum atomic E-state index is -0.169. The van der Waals surface area contributed by atoms with Crippen molar-refractivity contribution in [2.24, 2.45) is 16.8 Å². The van der Waals surface area contributed by atoms with E-state index in [4.69, 9.17) is 9.52 Å². The molecule has 0 aliphatic carbocycles. The third kappa shape index (κ3) is 8.08. The molecule has 2 unspecified atom stereocenters. The Morgan fingerprint density at radius 3 is 2.30 bits per heavy atom. The van der Waals surface area contributed by atoms with Gasteiger partial charge in [0.1, 0.15) is 6.54 Å². The Balaban J connectivity index is 0.00000385. The molecule has 0 radical (unpaired) electrons. The van der Waals surface area contributed by atoms with Crippen molar-refractivity contribution < 1.29 is 9.32 Å². The van der Waals surface area contributed by atoms with Gasteiger partial charge in [-0.3, -0.25) is 9.69 Å². The number of hydrogen-bond acceptors (Lipinski definition) is 6. The maximum Gasteiger partial charge on any atom is 0.236 e. The summed E-state index contributed by atoms with van der Waals surface area (Å²) in [6.07, 6.45) is 1.22. The average Bonchev–Trinajstić information content (AvgIpc) is 3.21. The van der Waals surface area contributed by atoms with E-state index in [0.717, 1.165) is 51.8 Å². The number of aromatic nitrogens is 2. The minimum absolute atomic E-state index is 0. The van der Waals surface area contributed by atoms with Gasteiger partial charge < -0.3 is 19.6 Å². The number of aliphatic imine (C=N–C) groups is 1. The lowest BCUT2D eigenvalue weighted by molar-refractivity contribution is -0.135. The first-order chi connectivity index (χ1) is 15.2. The highest BCUT2D eigenvalue weighted by Gasteiger charge is 2.28. The van der Waals surface area contributed by atoms with Crippen LogP contribution in [-0.4, -0.2) is 89.1 Å². The fourth-order valence-electron chi connectivity index (χ4n) is 4.47. The van der Waals surface area contributed by atoms with Gasteiger partial charge in [-0.25, -0.2) is 4.99 Å². The van der Waals surface area contributed by atoms with Crippen LogP contribution < -0.4 is 5.32 Å². The summed E-state index contributed by atoms with van der Waals surface area (Å²) >= 11 is 0. The van der Waals surface area contributed by atoms with Gasteiger partial charge in [-0.2, -0.15) is 4.98 Å². The van der Waals surface area contributed by atoms with Crippen molar-refractivity contribution in [2.45, 2.75) is 59.9 Å². The largest absolute Gasteiger partial charge is 0.357 e. The van der Waals surface area contributed by atoms with E-state index in [0.29, 0.717) is 36.6 Å². The van der Waals surface area contributed by atoms with E-state index in [1.165, 1.54) is 6.42 Å². The summed E-state index contributed by atoms with van der Waals surface area (Å²) in [7, 11) is 0. The van der Waals surface area contributed by atoms with Gasteiger partial charge in [0.2, 0.25) is 11.8 Å². The topological polar surface area (TPSA) is 90.1 Å². The molecule has 2 aliphatic rings. The molecule has 0 bridgehead atoms. The van der Waals surface area contributed by atoms with Crippen LogP contribution >= 0.6 is 24.0 Å². The number of guanidine groups is 1. The van der Waals surface area contributed by atoms with E-state index in [2.05, 4.69) is 50.9 Å². The highest BCUT2D eigenvalue weighted by atomic mass is 127. The summed E-state index contributed by atoms with van der Waals surface area (Å²) in [5.74, 6) is 3.54. The molecule has 2 saturated heterocycles. The molecule has 2 atom stereocenters. The van der Waals surface area contributed by atoms with Crippen LogP contribution in [0.25, 0.3) is 0 Å². The van der Waals surface area contributed by atoms with Crippen molar-refractivity contribution in [2.75, 3.05) is 52.4 Å². The zero-order valence-corrected chi connectivity index (χ0v) is 23.5. The number of amides is 1. The normalized spacial score (nSPS) is 22.8. The zero-order chi connectivity index (χ0) is 23.3. The predicted molar refractivity (Wildman–Crippen MR) is 141 cm³/mol. The van der Waals surface area contributed by atoms with Gasteiger partial charge in [-0.1, -0.05) is 39.8 Å². The molecule has 1 aromatic heterocycles. The van der Waals surface area contributed by atoms with E-state index in [1.54, 1.807) is 0 Å². The van der Waals surface area contributed by atoms with Gasteiger partial charge in [0.25, 0.3) is 0 Å². The molecule has 1 N–H and O–H groups in total. The number of piperazine rings is 1. The maximum absolute atomic E-state index is 12.8. The van der Waals surface area contributed by atoms with Gasteiger partial charge in [-0.15, -0.1) is 24.0 Å². The standard InChI is InChI=1S/C23H41N7O2.HI/c1-7-24-22(25-13-19-26-21(32-27-19)23(4,5)6)29-10-8-28(9-11-29)16-20(31)30-14-17(2)12-18(3)15-30;/h17-18H,7-16H2,1-6H3,(H,24,25);1H. The number of nitrogens with one attached hydrogen (secondary N) is 1. The first-order valence-corrected chi connectivity index (χ1v) is 12.0. The number of carbonyl (C=O) groups excluding carboxylic acids is 1. The van der Waals surface area contributed by atoms with Gasteiger partial charge in [0.05, 0.1) is 6.54 Å². The molecule has 33 heavy (non-hydrogen) atoms. The molecule has 1 amide bonds. The Bertz CT molecular complexity index is 774. The Morgan fingerprint density at radius 2 is 1.76 bits per heavy atom. The van der Waals surface area contributed by atoms with Crippen molar-refractivity contribution in [3.63, 3.8) is 0 Å². The fourth-order valence-corrected chi connectivity index (χ4v) is 4.47. The highest BCUT2D eigenvalue weighted by molar-refractivity contribution is 14.0. The molecule has 2 aliphatic heterocycles. The van der Waals surface area contributed by atoms with Crippen molar-refractivity contribution in [1.29, 1.82) is 0 Å². The van der Waals surface area contributed by atoms with E-state index in [9.17, 15) is 4.79 Å². The molecule has 0 aromatic carbocycles. The number of carbonyl (C=O) groups is 1. The zero-order valence-electron chi connectivity index (χ0n) is 21.1. The van der Waals surface area contributed by atoms with Crippen molar-refractivity contribution in [3.05, 3.63) is 11.7 Å². The number of piperidine rings is 1. The Hall–Kier alpha value is -1.43.